The molecule has 7 rings (SSSR count). The van der Waals surface area contributed by atoms with E-state index in [2.05, 4.69) is 115 Å². The van der Waals surface area contributed by atoms with E-state index in [0.717, 1.165) is 0 Å². The average molecular weight is 941 g/mol. The van der Waals surface area contributed by atoms with E-state index in [9.17, 15) is 39.5 Å². The fraction of sp³-hybridized carbons (Fsp3) is 0.0870. The molecule has 0 aliphatic carbocycles. The fourth-order valence-corrected chi connectivity index (χ4v) is 10.3. The average Bonchev–Trinajstić information content (AvgIpc) is 3.31. The highest BCUT2D eigenvalue weighted by molar-refractivity contribution is 7.99. The molecule has 18 heteroatoms. The zero-order valence-corrected chi connectivity index (χ0v) is 34.3. The molecule has 0 fully saturated rings. The third kappa shape index (κ3) is 8.86. The minimum absolute atomic E-state index is 0.0786. The summed E-state index contributed by atoms with van der Waals surface area (Å²) in [5.41, 5.74) is -7.70. The number of benzene rings is 7. The Morgan fingerprint density at radius 3 is 0.922 bits per heavy atom. The molecule has 0 aromatic heterocycles. The lowest BCUT2D eigenvalue weighted by Gasteiger charge is -2.44. The van der Waals surface area contributed by atoms with Gasteiger partial charge in [-0.1, -0.05) is 86.1 Å². The van der Waals surface area contributed by atoms with Crippen molar-refractivity contribution < 1.29 is 65.9 Å². The molecule has 7 aromatic carbocycles. The van der Waals surface area contributed by atoms with Crippen LogP contribution >= 0.6 is 11.8 Å². The van der Waals surface area contributed by atoms with Crippen LogP contribution in [0.15, 0.2) is 140 Å². The van der Waals surface area contributed by atoms with Gasteiger partial charge in [0.15, 0.2) is 67.0 Å². The summed E-state index contributed by atoms with van der Waals surface area (Å²) in [6.45, 7) is 1.18. The van der Waals surface area contributed by atoms with Crippen molar-refractivity contribution in [2.75, 3.05) is 0 Å². The topological polar surface area (TPSA) is 0 Å². The highest BCUT2D eigenvalue weighted by Gasteiger charge is 2.47. The fourth-order valence-electron chi connectivity index (χ4n) is 7.33. The highest BCUT2D eigenvalue weighted by atomic mass is 32.2. The first-order valence-electron chi connectivity index (χ1n) is 18.9. The summed E-state index contributed by atoms with van der Waals surface area (Å²) < 4.78 is 217. The van der Waals surface area contributed by atoms with Crippen molar-refractivity contribution in [3.63, 3.8) is 0 Å². The van der Waals surface area contributed by atoms with Crippen LogP contribution in [0.2, 0.25) is 6.32 Å². The van der Waals surface area contributed by atoms with Crippen molar-refractivity contribution in [3.8, 4) is 0 Å². The summed E-state index contributed by atoms with van der Waals surface area (Å²) in [6.07, 6.45) is -8.14. The van der Waals surface area contributed by atoms with Crippen LogP contribution in [0.4, 0.5) is 65.9 Å². The third-order valence-corrected chi connectivity index (χ3v) is 13.4. The number of rotatable bonds is 11. The molecule has 0 heterocycles. The Kier molecular flexibility index (Phi) is 14.9. The van der Waals surface area contributed by atoms with E-state index in [1.807, 2.05) is 0 Å². The van der Waals surface area contributed by atoms with E-state index >= 15 is 26.3 Å². The molecule has 0 aliphatic heterocycles. The van der Waals surface area contributed by atoms with Crippen LogP contribution in [0.1, 0.15) is 19.8 Å². The van der Waals surface area contributed by atoms with E-state index in [-0.39, 0.29) is 17.3 Å². The zero-order chi connectivity index (χ0) is 46.6. The molecular formula is C46H28BF15S2. The van der Waals surface area contributed by atoms with E-state index in [1.54, 1.807) is 11.8 Å². The van der Waals surface area contributed by atoms with E-state index in [4.69, 9.17) is 0 Å². The van der Waals surface area contributed by atoms with Crippen molar-refractivity contribution in [2.24, 2.45) is 0 Å². The van der Waals surface area contributed by atoms with Crippen molar-refractivity contribution >= 4 is 45.2 Å². The Morgan fingerprint density at radius 2 is 0.609 bits per heavy atom. The van der Waals surface area contributed by atoms with Crippen LogP contribution in [-0.4, -0.2) is 6.15 Å². The highest BCUT2D eigenvalue weighted by Crippen LogP contribution is 2.35. The number of unbranched alkanes of at least 4 members (excludes halogenated alkanes) is 1. The summed E-state index contributed by atoms with van der Waals surface area (Å²) in [7, 11) is -0.0786. The monoisotopic (exact) mass is 940 g/mol. The second-order valence-corrected chi connectivity index (χ2v) is 17.1. The molecule has 7 aromatic rings. The van der Waals surface area contributed by atoms with Crippen molar-refractivity contribution in [3.05, 3.63) is 203 Å². The van der Waals surface area contributed by atoms with E-state index < -0.39 is 123 Å². The Balaban J connectivity index is 0.000000227. The lowest BCUT2D eigenvalue weighted by Crippen LogP contribution is -2.73. The third-order valence-electron chi connectivity index (χ3n) is 10.2. The van der Waals surface area contributed by atoms with Crippen LogP contribution in [-0.2, 0) is 10.9 Å². The maximum Gasteiger partial charge on any atom is 0.200 e. The SMILES string of the molecule is CCCC[B-](c1c(F)c(F)c(F)c(F)c1F)(c1c(F)c(F)c(F)c(F)c1F)c1c(F)c(F)c(F)c(F)c1F.c1ccc(Sc2ccc([S+](c3ccccc3)c3ccccc3)cc2)cc1. The van der Waals surface area contributed by atoms with Gasteiger partial charge in [-0.2, -0.15) is 6.32 Å². The van der Waals surface area contributed by atoms with Gasteiger partial charge in [-0.25, -0.2) is 65.9 Å². The van der Waals surface area contributed by atoms with Crippen molar-refractivity contribution in [1.29, 1.82) is 0 Å². The van der Waals surface area contributed by atoms with Gasteiger partial charge in [0.2, 0.25) is 0 Å². The second-order valence-electron chi connectivity index (χ2n) is 14.0. The minimum atomic E-state index is -5.41. The summed E-state index contributed by atoms with van der Waals surface area (Å²) in [5, 5.41) is 0. The van der Waals surface area contributed by atoms with Crippen LogP contribution < -0.4 is 16.4 Å². The molecule has 332 valence electrons. The Morgan fingerprint density at radius 1 is 0.344 bits per heavy atom. The molecule has 0 atom stereocenters. The molecule has 0 bridgehead atoms. The zero-order valence-electron chi connectivity index (χ0n) is 32.7. The number of halogens is 15. The molecule has 64 heavy (non-hydrogen) atoms. The quantitative estimate of drug-likeness (QED) is 0.0409. The van der Waals surface area contributed by atoms with Crippen molar-refractivity contribution in [2.45, 2.75) is 50.6 Å². The molecule has 0 saturated carbocycles. The first-order valence-corrected chi connectivity index (χ1v) is 20.9. The lowest BCUT2D eigenvalue weighted by atomic mass is 9.13. The first-order chi connectivity index (χ1) is 30.5. The molecule has 0 unspecified atom stereocenters. The standard InChI is InChI=1S/C24H19S2.C22H9BF15/c1-4-10-20(11-5-1)25-21-16-18-24(19-17-21)26(22-12-6-2-7-13-22)23-14-8-3-9-15-23;1-2-3-4-23(5-8(24)14(30)20(36)15(31)9(5)25,6-10(26)16(32)21(37)17(33)11(6)27)7-12(28)18(34)22(38)19(35)13(7)29/h1-19H;2-4H2,1H3/q+1;-1. The van der Waals surface area contributed by atoms with Gasteiger partial charge >= 0.3 is 0 Å². The van der Waals surface area contributed by atoms with Crippen molar-refractivity contribution in [1.82, 2.24) is 0 Å². The Bertz CT molecular complexity index is 2500. The normalized spacial score (nSPS) is 11.5. The maximum absolute atomic E-state index is 15.1. The molecular weight excluding hydrogens is 912 g/mol. The predicted octanol–water partition coefficient (Wildman–Crippen LogP) is 13.0. The smallest absolute Gasteiger partial charge is 0.200 e. The van der Waals surface area contributed by atoms with Gasteiger partial charge < -0.3 is 0 Å². The van der Waals surface area contributed by atoms with Gasteiger partial charge in [-0.15, -0.1) is 16.4 Å². The molecule has 0 nitrogen and oxygen atoms in total. The van der Waals surface area contributed by atoms with E-state index in [1.165, 1.54) is 31.4 Å². The van der Waals surface area contributed by atoms with E-state index in [0.29, 0.717) is 0 Å². The van der Waals surface area contributed by atoms with Gasteiger partial charge in [-0.05, 0) is 60.7 Å². The molecule has 0 saturated heterocycles. The van der Waals surface area contributed by atoms with Crippen LogP contribution in [0.5, 0.6) is 0 Å². The second kappa shape index (κ2) is 20.0. The summed E-state index contributed by atoms with van der Waals surface area (Å²) >= 11 is 1.80. The summed E-state index contributed by atoms with van der Waals surface area (Å²) in [5.74, 6) is -44.7. The minimum Gasteiger partial charge on any atom is -0.207 e. The van der Waals surface area contributed by atoms with Gasteiger partial charge in [0.25, 0.3) is 0 Å². The molecule has 0 aliphatic rings. The Labute approximate surface area is 363 Å². The summed E-state index contributed by atoms with van der Waals surface area (Å²) in [4.78, 5) is 6.58. The summed E-state index contributed by atoms with van der Waals surface area (Å²) in [6, 6.07) is 41.1. The molecule has 0 N–H and O–H groups in total. The van der Waals surface area contributed by atoms with Crippen LogP contribution in [0.25, 0.3) is 0 Å². The van der Waals surface area contributed by atoms with Gasteiger partial charge in [0, 0.05) is 9.79 Å². The largest absolute Gasteiger partial charge is 0.207 e. The number of hydrogen-bond donors (Lipinski definition) is 0. The van der Waals surface area contributed by atoms with Crippen LogP contribution in [0.3, 0.4) is 0 Å². The predicted molar refractivity (Wildman–Crippen MR) is 215 cm³/mol. The maximum atomic E-state index is 15.1. The first kappa shape index (κ1) is 47.7. The van der Waals surface area contributed by atoms with Gasteiger partial charge in [-0.3, -0.25) is 0 Å². The molecule has 0 radical (unpaired) electrons. The lowest BCUT2D eigenvalue weighted by molar-refractivity contribution is 0.379. The molecule has 0 amide bonds. The number of hydrogen-bond acceptors (Lipinski definition) is 1. The Hall–Kier alpha value is -5.75. The van der Waals surface area contributed by atoms with Gasteiger partial charge in [0.1, 0.15) is 41.0 Å². The van der Waals surface area contributed by atoms with Gasteiger partial charge in [0.05, 0.1) is 10.9 Å². The molecule has 0 spiro atoms. The van der Waals surface area contributed by atoms with Crippen LogP contribution in [0, 0.1) is 87.3 Å².